The second-order valence-electron chi connectivity index (χ2n) is 3.94. The fourth-order valence-corrected chi connectivity index (χ4v) is 2.33. The highest BCUT2D eigenvalue weighted by molar-refractivity contribution is 7.89. The van der Waals surface area contributed by atoms with E-state index in [9.17, 15) is 13.2 Å². The summed E-state index contributed by atoms with van der Waals surface area (Å²) in [6, 6.07) is 2.87. The minimum absolute atomic E-state index is 0.153. The van der Waals surface area contributed by atoms with Gasteiger partial charge in [-0.2, -0.15) is 0 Å². The number of nitrogens with one attached hydrogen (secondary N) is 1. The molecule has 0 bridgehead atoms. The van der Waals surface area contributed by atoms with E-state index in [0.29, 0.717) is 11.4 Å². The molecule has 7 nitrogen and oxygen atoms in total. The Kier molecular flexibility index (Phi) is 4.98. The predicted molar refractivity (Wildman–Crippen MR) is 75.5 cm³/mol. The number of sulfonamides is 1. The molecule has 0 aromatic heterocycles. The number of halogens is 1. The van der Waals surface area contributed by atoms with Crippen LogP contribution in [0.15, 0.2) is 12.1 Å². The number of primary amides is 1. The van der Waals surface area contributed by atoms with Gasteiger partial charge in [-0.1, -0.05) is 11.6 Å². The topological polar surface area (TPSA) is 141 Å². The maximum atomic E-state index is 11.3. The minimum Gasteiger partial charge on any atom is -0.399 e. The molecule has 1 amide bonds. The molecule has 1 aromatic rings. The van der Waals surface area contributed by atoms with Gasteiger partial charge in [0, 0.05) is 12.2 Å². The fourth-order valence-electron chi connectivity index (χ4n) is 1.49. The van der Waals surface area contributed by atoms with E-state index in [1.165, 1.54) is 12.1 Å². The zero-order chi connectivity index (χ0) is 14.6. The minimum atomic E-state index is -3.51. The summed E-state index contributed by atoms with van der Waals surface area (Å²) in [4.78, 5) is 11.3. The van der Waals surface area contributed by atoms with Gasteiger partial charge in [0.2, 0.25) is 10.0 Å². The number of carbonyl (C=O) groups is 1. The third-order valence-corrected chi connectivity index (χ3v) is 3.44. The first-order valence-electron chi connectivity index (χ1n) is 5.34. The van der Waals surface area contributed by atoms with Gasteiger partial charge in [0.25, 0.3) is 5.91 Å². The molecule has 0 radical (unpaired) electrons. The normalized spacial score (nSPS) is 11.3. The van der Waals surface area contributed by atoms with Crippen LogP contribution in [0.2, 0.25) is 5.02 Å². The van der Waals surface area contributed by atoms with Gasteiger partial charge in [-0.3, -0.25) is 4.79 Å². The summed E-state index contributed by atoms with van der Waals surface area (Å²) in [5.41, 5.74) is 11.6. The lowest BCUT2D eigenvalue weighted by Crippen LogP contribution is -2.20. The number of carbonyl (C=O) groups excluding carboxylic acids is 1. The van der Waals surface area contributed by atoms with Crippen molar-refractivity contribution in [2.75, 3.05) is 23.3 Å². The van der Waals surface area contributed by atoms with E-state index in [-0.39, 0.29) is 29.3 Å². The van der Waals surface area contributed by atoms with E-state index in [1.807, 2.05) is 0 Å². The molecule has 0 aliphatic heterocycles. The van der Waals surface area contributed by atoms with Crippen LogP contribution >= 0.6 is 11.6 Å². The Bertz CT molecular complexity index is 589. The molecule has 0 spiro atoms. The van der Waals surface area contributed by atoms with Crippen molar-refractivity contribution in [1.82, 2.24) is 0 Å². The number of hydrogen-bond acceptors (Lipinski definition) is 5. The van der Waals surface area contributed by atoms with Crippen LogP contribution in [0, 0.1) is 0 Å². The molecule has 0 heterocycles. The highest BCUT2D eigenvalue weighted by atomic mass is 35.5. The third kappa shape index (κ3) is 4.93. The smallest absolute Gasteiger partial charge is 0.250 e. The Morgan fingerprint density at radius 1 is 1.37 bits per heavy atom. The molecule has 0 saturated carbocycles. The number of benzene rings is 1. The van der Waals surface area contributed by atoms with Crippen LogP contribution in [0.1, 0.15) is 16.8 Å². The standard InChI is InChI=1S/C10H15ClN4O3S/c11-8-5-6(12)4-7(10(13)16)9(8)15-2-1-3-19(14,17)18/h4-5,15H,1-3,12H2,(H2,13,16)(H2,14,17,18). The van der Waals surface area contributed by atoms with Crippen LogP contribution in [0.4, 0.5) is 11.4 Å². The summed E-state index contributed by atoms with van der Waals surface area (Å²) >= 11 is 5.95. The molecule has 7 N–H and O–H groups in total. The largest absolute Gasteiger partial charge is 0.399 e. The highest BCUT2D eigenvalue weighted by Crippen LogP contribution is 2.28. The average molecular weight is 307 g/mol. The first kappa shape index (κ1) is 15.5. The molecule has 0 unspecified atom stereocenters. The number of amides is 1. The zero-order valence-electron chi connectivity index (χ0n) is 10.0. The monoisotopic (exact) mass is 306 g/mol. The van der Waals surface area contributed by atoms with Crippen molar-refractivity contribution in [2.24, 2.45) is 10.9 Å². The van der Waals surface area contributed by atoms with Gasteiger partial charge in [-0.05, 0) is 18.6 Å². The zero-order valence-corrected chi connectivity index (χ0v) is 11.6. The van der Waals surface area contributed by atoms with Gasteiger partial charge in [-0.25, -0.2) is 13.6 Å². The molecule has 19 heavy (non-hydrogen) atoms. The molecule has 106 valence electrons. The van der Waals surface area contributed by atoms with Gasteiger partial charge in [0.1, 0.15) is 0 Å². The van der Waals surface area contributed by atoms with Gasteiger partial charge >= 0.3 is 0 Å². The molecule has 0 fully saturated rings. The summed E-state index contributed by atoms with van der Waals surface area (Å²) in [6.07, 6.45) is 0.276. The maximum Gasteiger partial charge on any atom is 0.250 e. The predicted octanol–water partition coefficient (Wildman–Crippen LogP) is 0.112. The number of hydrogen-bond donors (Lipinski definition) is 4. The van der Waals surface area contributed by atoms with Gasteiger partial charge in [0.05, 0.1) is 22.0 Å². The van der Waals surface area contributed by atoms with E-state index in [0.717, 1.165) is 0 Å². The van der Waals surface area contributed by atoms with Crippen molar-refractivity contribution in [2.45, 2.75) is 6.42 Å². The average Bonchev–Trinajstić information content (AvgIpc) is 2.24. The summed E-state index contributed by atoms with van der Waals surface area (Å²) in [6.45, 7) is 0.278. The van der Waals surface area contributed by atoms with Gasteiger partial charge in [-0.15, -0.1) is 0 Å². The van der Waals surface area contributed by atoms with Crippen molar-refractivity contribution in [3.63, 3.8) is 0 Å². The van der Waals surface area contributed by atoms with Crippen molar-refractivity contribution in [3.8, 4) is 0 Å². The van der Waals surface area contributed by atoms with Crippen LogP contribution in [-0.2, 0) is 10.0 Å². The Morgan fingerprint density at radius 3 is 2.53 bits per heavy atom. The summed E-state index contributed by atoms with van der Waals surface area (Å²) in [7, 11) is -3.51. The van der Waals surface area contributed by atoms with Gasteiger partial charge in [0.15, 0.2) is 0 Å². The molecule has 9 heteroatoms. The summed E-state index contributed by atoms with van der Waals surface area (Å²) in [5.74, 6) is -0.846. The van der Waals surface area contributed by atoms with Crippen LogP contribution in [-0.4, -0.2) is 26.6 Å². The fraction of sp³-hybridized carbons (Fsp3) is 0.300. The van der Waals surface area contributed by atoms with Crippen molar-refractivity contribution in [3.05, 3.63) is 22.7 Å². The van der Waals surface area contributed by atoms with Crippen LogP contribution in [0.3, 0.4) is 0 Å². The third-order valence-electron chi connectivity index (χ3n) is 2.29. The summed E-state index contributed by atoms with van der Waals surface area (Å²) in [5, 5.41) is 7.97. The Morgan fingerprint density at radius 2 is 2.00 bits per heavy atom. The van der Waals surface area contributed by atoms with E-state index in [1.54, 1.807) is 0 Å². The van der Waals surface area contributed by atoms with Crippen molar-refractivity contribution >= 4 is 38.9 Å². The maximum absolute atomic E-state index is 11.3. The lowest BCUT2D eigenvalue weighted by molar-refractivity contribution is 0.100. The number of anilines is 2. The van der Waals surface area contributed by atoms with Crippen LogP contribution in [0.25, 0.3) is 0 Å². The summed E-state index contributed by atoms with van der Waals surface area (Å²) < 4.78 is 21.5. The molecule has 0 saturated heterocycles. The van der Waals surface area contributed by atoms with Crippen molar-refractivity contribution in [1.29, 1.82) is 0 Å². The first-order chi connectivity index (χ1) is 8.70. The van der Waals surface area contributed by atoms with Crippen molar-refractivity contribution < 1.29 is 13.2 Å². The number of nitrogen functional groups attached to an aromatic ring is 1. The molecule has 1 rings (SSSR count). The van der Waals surface area contributed by atoms with E-state index < -0.39 is 15.9 Å². The van der Waals surface area contributed by atoms with E-state index >= 15 is 0 Å². The molecular formula is C10H15ClN4O3S. The van der Waals surface area contributed by atoms with E-state index in [4.69, 9.17) is 28.2 Å². The molecule has 1 aromatic carbocycles. The first-order valence-corrected chi connectivity index (χ1v) is 7.43. The SMILES string of the molecule is NC(=O)c1cc(N)cc(Cl)c1NCCCS(N)(=O)=O. The van der Waals surface area contributed by atoms with E-state index in [2.05, 4.69) is 5.32 Å². The number of rotatable bonds is 6. The Balaban J connectivity index is 2.80. The Hall–Kier alpha value is -1.51. The quantitative estimate of drug-likeness (QED) is 0.436. The Labute approximate surface area is 116 Å². The lowest BCUT2D eigenvalue weighted by atomic mass is 10.1. The highest BCUT2D eigenvalue weighted by Gasteiger charge is 2.13. The molecule has 0 aliphatic rings. The second kappa shape index (κ2) is 6.09. The molecule has 0 aliphatic carbocycles. The lowest BCUT2D eigenvalue weighted by Gasteiger charge is -2.12. The number of primary sulfonamides is 1. The molecular weight excluding hydrogens is 292 g/mol. The molecule has 0 atom stereocenters. The number of nitrogens with two attached hydrogens (primary N) is 3. The second-order valence-corrected chi connectivity index (χ2v) is 6.08. The van der Waals surface area contributed by atoms with Crippen LogP contribution < -0.4 is 21.9 Å². The van der Waals surface area contributed by atoms with Crippen LogP contribution in [0.5, 0.6) is 0 Å². The van der Waals surface area contributed by atoms with Gasteiger partial charge < -0.3 is 16.8 Å².